The molecule has 1 N–H and O–H groups in total. The van der Waals surface area contributed by atoms with E-state index < -0.39 is 5.97 Å². The van der Waals surface area contributed by atoms with Crippen molar-refractivity contribution in [3.63, 3.8) is 0 Å². The van der Waals surface area contributed by atoms with E-state index in [9.17, 15) is 4.79 Å². The molecule has 102 valence electrons. The second-order valence-corrected chi connectivity index (χ2v) is 6.95. The van der Waals surface area contributed by atoms with Gasteiger partial charge in [-0.15, -0.1) is 11.3 Å². The van der Waals surface area contributed by atoms with Gasteiger partial charge in [-0.25, -0.2) is 0 Å². The molecule has 3 nitrogen and oxygen atoms in total. The van der Waals surface area contributed by atoms with Gasteiger partial charge in [0.15, 0.2) is 0 Å². The predicted octanol–water partition coefficient (Wildman–Crippen LogP) is 3.69. The summed E-state index contributed by atoms with van der Waals surface area (Å²) in [4.78, 5) is 15.6. The summed E-state index contributed by atoms with van der Waals surface area (Å²) in [7, 11) is 0. The number of aliphatic carboxylic acids is 1. The first-order valence-corrected chi connectivity index (χ1v) is 7.08. The first kappa shape index (κ1) is 15.2. The molecule has 18 heavy (non-hydrogen) atoms. The van der Waals surface area contributed by atoms with Gasteiger partial charge in [-0.3, -0.25) is 9.69 Å². The molecule has 0 saturated carbocycles. The fraction of sp³-hybridized carbons (Fsp3) is 0.643. The van der Waals surface area contributed by atoms with Crippen LogP contribution in [0.15, 0.2) is 12.1 Å². The van der Waals surface area contributed by atoms with Crippen LogP contribution in [0.3, 0.4) is 0 Å². The Kier molecular flexibility index (Phi) is 4.93. The summed E-state index contributed by atoms with van der Waals surface area (Å²) >= 11 is 1.79. The van der Waals surface area contributed by atoms with Crippen LogP contribution in [-0.2, 0) is 4.79 Å². The Morgan fingerprint density at radius 2 is 2.06 bits per heavy atom. The average molecular weight is 269 g/mol. The first-order chi connectivity index (χ1) is 8.21. The van der Waals surface area contributed by atoms with Gasteiger partial charge in [0, 0.05) is 27.9 Å². The standard InChI is InChI=1S/C14H23NO2S/c1-10-6-7-12(18-10)11(2)15(14(3,4)5)9-8-13(16)17/h6-7,11H,8-9H2,1-5H3,(H,16,17). The number of carboxylic acid groups (broad SMARTS) is 1. The fourth-order valence-corrected chi connectivity index (χ4v) is 3.10. The molecule has 1 aromatic heterocycles. The summed E-state index contributed by atoms with van der Waals surface area (Å²) in [5.41, 5.74) is -0.0350. The summed E-state index contributed by atoms with van der Waals surface area (Å²) in [5.74, 6) is -0.737. The van der Waals surface area contributed by atoms with E-state index in [1.807, 2.05) is 0 Å². The molecule has 0 aromatic carbocycles. The second-order valence-electron chi connectivity index (χ2n) is 5.63. The van der Waals surface area contributed by atoms with E-state index in [2.05, 4.69) is 51.7 Å². The normalized spacial score (nSPS) is 13.9. The molecular formula is C14H23NO2S. The van der Waals surface area contributed by atoms with E-state index in [-0.39, 0.29) is 18.0 Å². The van der Waals surface area contributed by atoms with Crippen molar-refractivity contribution in [2.24, 2.45) is 0 Å². The van der Waals surface area contributed by atoms with E-state index in [4.69, 9.17) is 5.11 Å². The summed E-state index contributed by atoms with van der Waals surface area (Å²) in [6.07, 6.45) is 0.186. The summed E-state index contributed by atoms with van der Waals surface area (Å²) in [6.45, 7) is 11.2. The van der Waals surface area contributed by atoms with Crippen molar-refractivity contribution in [2.75, 3.05) is 6.54 Å². The van der Waals surface area contributed by atoms with Crippen LogP contribution >= 0.6 is 11.3 Å². The van der Waals surface area contributed by atoms with Crippen molar-refractivity contribution in [1.29, 1.82) is 0 Å². The molecule has 1 atom stereocenters. The van der Waals surface area contributed by atoms with Crippen LogP contribution < -0.4 is 0 Å². The van der Waals surface area contributed by atoms with Crippen molar-refractivity contribution in [1.82, 2.24) is 4.90 Å². The zero-order chi connectivity index (χ0) is 13.9. The highest BCUT2D eigenvalue weighted by Gasteiger charge is 2.28. The lowest BCUT2D eigenvalue weighted by Crippen LogP contribution is -2.43. The minimum Gasteiger partial charge on any atom is -0.481 e. The first-order valence-electron chi connectivity index (χ1n) is 6.26. The van der Waals surface area contributed by atoms with E-state index in [1.165, 1.54) is 9.75 Å². The van der Waals surface area contributed by atoms with Gasteiger partial charge >= 0.3 is 5.97 Å². The van der Waals surface area contributed by atoms with Gasteiger partial charge < -0.3 is 5.11 Å². The zero-order valence-corrected chi connectivity index (χ0v) is 12.7. The van der Waals surface area contributed by atoms with Crippen molar-refractivity contribution in [2.45, 2.75) is 52.6 Å². The Morgan fingerprint density at radius 1 is 1.44 bits per heavy atom. The highest BCUT2D eigenvalue weighted by atomic mass is 32.1. The van der Waals surface area contributed by atoms with Crippen LogP contribution in [0.2, 0.25) is 0 Å². The molecule has 0 radical (unpaired) electrons. The molecule has 1 rings (SSSR count). The predicted molar refractivity (Wildman–Crippen MR) is 76.2 cm³/mol. The molecule has 1 heterocycles. The quantitative estimate of drug-likeness (QED) is 0.886. The van der Waals surface area contributed by atoms with Gasteiger partial charge in [-0.2, -0.15) is 0 Å². The van der Waals surface area contributed by atoms with Crippen LogP contribution in [0.4, 0.5) is 0 Å². The van der Waals surface area contributed by atoms with Crippen molar-refractivity contribution in [3.8, 4) is 0 Å². The van der Waals surface area contributed by atoms with Gasteiger partial charge in [-0.05, 0) is 46.8 Å². The average Bonchev–Trinajstić information content (AvgIpc) is 2.62. The summed E-state index contributed by atoms with van der Waals surface area (Å²) in [5, 5.41) is 8.86. The molecule has 0 amide bonds. The minimum absolute atomic E-state index is 0.0350. The second kappa shape index (κ2) is 5.85. The van der Waals surface area contributed by atoms with Gasteiger partial charge in [0.1, 0.15) is 0 Å². The smallest absolute Gasteiger partial charge is 0.304 e. The highest BCUT2D eigenvalue weighted by Crippen LogP contribution is 2.32. The molecule has 0 aliphatic carbocycles. The van der Waals surface area contributed by atoms with Crippen LogP contribution in [0.25, 0.3) is 0 Å². The molecule has 1 unspecified atom stereocenters. The SMILES string of the molecule is Cc1ccc(C(C)N(CCC(=O)O)C(C)(C)C)s1. The Hall–Kier alpha value is -0.870. The topological polar surface area (TPSA) is 40.5 Å². The maximum Gasteiger partial charge on any atom is 0.304 e. The lowest BCUT2D eigenvalue weighted by atomic mass is 10.0. The lowest BCUT2D eigenvalue weighted by molar-refractivity contribution is -0.137. The number of thiophene rings is 1. The molecule has 0 spiro atoms. The summed E-state index contributed by atoms with van der Waals surface area (Å²) in [6, 6.07) is 4.52. The van der Waals surface area contributed by atoms with Crippen molar-refractivity contribution < 1.29 is 9.90 Å². The number of aryl methyl sites for hydroxylation is 1. The molecule has 1 aromatic rings. The number of carbonyl (C=O) groups is 1. The Balaban J connectivity index is 2.85. The third-order valence-electron chi connectivity index (χ3n) is 3.07. The van der Waals surface area contributed by atoms with E-state index in [0.717, 1.165) is 0 Å². The third-order valence-corrected chi connectivity index (χ3v) is 4.24. The molecule has 4 heteroatoms. The number of hydrogen-bond acceptors (Lipinski definition) is 3. The maximum absolute atomic E-state index is 10.8. The summed E-state index contributed by atoms with van der Waals surface area (Å²) < 4.78 is 0. The fourth-order valence-electron chi connectivity index (χ4n) is 2.16. The van der Waals surface area contributed by atoms with Crippen LogP contribution in [-0.4, -0.2) is 28.1 Å². The Morgan fingerprint density at radius 3 is 2.44 bits per heavy atom. The highest BCUT2D eigenvalue weighted by molar-refractivity contribution is 7.12. The number of carboxylic acids is 1. The lowest BCUT2D eigenvalue weighted by Gasteiger charge is -2.39. The molecule has 0 aliphatic rings. The number of rotatable bonds is 5. The van der Waals surface area contributed by atoms with Gasteiger partial charge in [0.2, 0.25) is 0 Å². The molecule has 0 saturated heterocycles. The largest absolute Gasteiger partial charge is 0.481 e. The van der Waals surface area contributed by atoms with Crippen molar-refractivity contribution in [3.05, 3.63) is 21.9 Å². The van der Waals surface area contributed by atoms with E-state index in [0.29, 0.717) is 6.54 Å². The third kappa shape index (κ3) is 4.10. The minimum atomic E-state index is -0.737. The zero-order valence-electron chi connectivity index (χ0n) is 11.9. The van der Waals surface area contributed by atoms with E-state index >= 15 is 0 Å². The Labute approximate surface area is 113 Å². The number of nitrogens with zero attached hydrogens (tertiary/aromatic N) is 1. The van der Waals surface area contributed by atoms with Crippen molar-refractivity contribution >= 4 is 17.3 Å². The Bertz CT molecular complexity index is 406. The van der Waals surface area contributed by atoms with Gasteiger partial charge in [0.25, 0.3) is 0 Å². The molecule has 0 fully saturated rings. The van der Waals surface area contributed by atoms with Gasteiger partial charge in [-0.1, -0.05) is 0 Å². The maximum atomic E-state index is 10.8. The monoisotopic (exact) mass is 269 g/mol. The molecular weight excluding hydrogens is 246 g/mol. The van der Waals surface area contributed by atoms with Crippen LogP contribution in [0, 0.1) is 6.92 Å². The number of hydrogen-bond donors (Lipinski definition) is 1. The van der Waals surface area contributed by atoms with E-state index in [1.54, 1.807) is 11.3 Å². The molecule has 0 aliphatic heterocycles. The van der Waals surface area contributed by atoms with Crippen LogP contribution in [0.5, 0.6) is 0 Å². The van der Waals surface area contributed by atoms with Gasteiger partial charge in [0.05, 0.1) is 6.42 Å². The van der Waals surface area contributed by atoms with Crippen LogP contribution in [0.1, 0.15) is 49.9 Å². The molecule has 0 bridgehead atoms.